The highest BCUT2D eigenvalue weighted by Gasteiger charge is 2.37. The fraction of sp³-hybridized carbons (Fsp3) is 0.533. The maximum atomic E-state index is 5.49. The summed E-state index contributed by atoms with van der Waals surface area (Å²) in [5.74, 6) is 1.23. The largest absolute Gasteiger partial charge is 0.337 e. The monoisotopic (exact) mass is 272 g/mol. The van der Waals surface area contributed by atoms with Crippen LogP contribution in [0.4, 0.5) is 0 Å². The average Bonchev–Trinajstić information content (AvgIpc) is 2.88. The molecule has 1 fully saturated rings. The number of aryl methyl sites for hydroxylation is 1. The van der Waals surface area contributed by atoms with Crippen molar-refractivity contribution in [3.8, 4) is 11.5 Å². The van der Waals surface area contributed by atoms with Gasteiger partial charge in [-0.25, -0.2) is 0 Å². The molecule has 2 aromatic heterocycles. The highest BCUT2D eigenvalue weighted by molar-refractivity contribution is 5.53. The van der Waals surface area contributed by atoms with Crippen molar-refractivity contribution in [2.75, 3.05) is 6.54 Å². The Bertz CT molecular complexity index is 605. The Morgan fingerprint density at radius 2 is 2.25 bits per heavy atom. The zero-order chi connectivity index (χ0) is 14.2. The van der Waals surface area contributed by atoms with Crippen LogP contribution in [0, 0.1) is 12.3 Å². The van der Waals surface area contributed by atoms with Crippen LogP contribution in [0.3, 0.4) is 0 Å². The predicted molar refractivity (Wildman–Crippen MR) is 76.0 cm³/mol. The lowest BCUT2D eigenvalue weighted by atomic mass is 9.77. The van der Waals surface area contributed by atoms with Gasteiger partial charge in [0.1, 0.15) is 5.69 Å². The van der Waals surface area contributed by atoms with Crippen LogP contribution in [0.5, 0.6) is 0 Å². The topological polar surface area (TPSA) is 63.8 Å². The van der Waals surface area contributed by atoms with Crippen LogP contribution in [-0.4, -0.2) is 21.7 Å². The number of hydrogen-bond acceptors (Lipinski definition) is 5. The van der Waals surface area contributed by atoms with Crippen LogP contribution in [-0.2, 0) is 0 Å². The van der Waals surface area contributed by atoms with Crippen LogP contribution in [0.2, 0.25) is 0 Å². The first-order valence-corrected chi connectivity index (χ1v) is 7.07. The van der Waals surface area contributed by atoms with E-state index in [4.69, 9.17) is 4.52 Å². The van der Waals surface area contributed by atoms with E-state index in [1.54, 1.807) is 6.20 Å². The van der Waals surface area contributed by atoms with Crippen LogP contribution in [0.1, 0.15) is 44.2 Å². The normalized spacial score (nSPS) is 21.9. The van der Waals surface area contributed by atoms with Gasteiger partial charge in [0.05, 0.1) is 6.04 Å². The minimum Gasteiger partial charge on any atom is -0.337 e. The molecule has 1 unspecified atom stereocenters. The molecule has 0 aliphatic carbocycles. The maximum Gasteiger partial charge on any atom is 0.244 e. The smallest absolute Gasteiger partial charge is 0.244 e. The van der Waals surface area contributed by atoms with E-state index >= 15 is 0 Å². The summed E-state index contributed by atoms with van der Waals surface area (Å²) in [4.78, 5) is 8.90. The van der Waals surface area contributed by atoms with E-state index in [1.165, 1.54) is 6.42 Å². The third-order valence-electron chi connectivity index (χ3n) is 4.04. The summed E-state index contributed by atoms with van der Waals surface area (Å²) in [6.07, 6.45) is 4.09. The van der Waals surface area contributed by atoms with Crippen molar-refractivity contribution < 1.29 is 4.52 Å². The SMILES string of the molecule is Cc1cccnc1-c1noc(C2NCCCC2(C)C)n1. The van der Waals surface area contributed by atoms with Crippen LogP contribution in [0.15, 0.2) is 22.9 Å². The fourth-order valence-corrected chi connectivity index (χ4v) is 2.80. The summed E-state index contributed by atoms with van der Waals surface area (Å²) in [5.41, 5.74) is 1.97. The molecule has 3 rings (SSSR count). The number of rotatable bonds is 2. The van der Waals surface area contributed by atoms with Gasteiger partial charge in [0.25, 0.3) is 0 Å². The minimum absolute atomic E-state index is 0.113. The van der Waals surface area contributed by atoms with E-state index in [-0.39, 0.29) is 11.5 Å². The molecule has 20 heavy (non-hydrogen) atoms. The highest BCUT2D eigenvalue weighted by atomic mass is 16.5. The molecule has 1 aliphatic rings. The van der Waals surface area contributed by atoms with Crippen LogP contribution >= 0.6 is 0 Å². The molecule has 1 N–H and O–H groups in total. The van der Waals surface area contributed by atoms with E-state index in [0.717, 1.165) is 24.2 Å². The lowest BCUT2D eigenvalue weighted by Gasteiger charge is -2.36. The second kappa shape index (κ2) is 4.98. The third kappa shape index (κ3) is 2.33. The van der Waals surface area contributed by atoms with Crippen LogP contribution < -0.4 is 5.32 Å². The Labute approximate surface area is 118 Å². The van der Waals surface area contributed by atoms with Gasteiger partial charge in [-0.1, -0.05) is 25.1 Å². The van der Waals surface area contributed by atoms with Gasteiger partial charge in [0.2, 0.25) is 11.7 Å². The summed E-state index contributed by atoms with van der Waals surface area (Å²) in [7, 11) is 0. The molecule has 1 atom stereocenters. The summed E-state index contributed by atoms with van der Waals surface area (Å²) >= 11 is 0. The summed E-state index contributed by atoms with van der Waals surface area (Å²) in [6.45, 7) is 7.47. The second-order valence-corrected chi connectivity index (χ2v) is 6.10. The lowest BCUT2D eigenvalue weighted by Crippen LogP contribution is -2.39. The minimum atomic E-state index is 0.113. The first-order valence-electron chi connectivity index (χ1n) is 7.07. The van der Waals surface area contributed by atoms with Crippen molar-refractivity contribution in [3.05, 3.63) is 29.8 Å². The van der Waals surface area contributed by atoms with Gasteiger partial charge in [-0.2, -0.15) is 4.98 Å². The van der Waals surface area contributed by atoms with Crippen LogP contribution in [0.25, 0.3) is 11.5 Å². The Hall–Kier alpha value is -1.75. The molecular formula is C15H20N4O. The van der Waals surface area contributed by atoms with Gasteiger partial charge >= 0.3 is 0 Å². The summed E-state index contributed by atoms with van der Waals surface area (Å²) in [5, 5.41) is 7.59. The Balaban J connectivity index is 1.92. The van der Waals surface area contributed by atoms with Gasteiger partial charge in [0, 0.05) is 6.20 Å². The summed E-state index contributed by atoms with van der Waals surface area (Å²) in [6, 6.07) is 4.02. The number of nitrogens with zero attached hydrogens (tertiary/aromatic N) is 3. The number of pyridine rings is 1. The average molecular weight is 272 g/mol. The number of nitrogens with one attached hydrogen (secondary N) is 1. The van der Waals surface area contributed by atoms with Gasteiger partial charge in [-0.15, -0.1) is 0 Å². The van der Waals surface area contributed by atoms with Crippen molar-refractivity contribution in [1.82, 2.24) is 20.4 Å². The predicted octanol–water partition coefficient (Wildman–Crippen LogP) is 2.89. The molecule has 0 aromatic carbocycles. The highest BCUT2D eigenvalue weighted by Crippen LogP contribution is 2.39. The Kier molecular flexibility index (Phi) is 3.30. The molecule has 0 spiro atoms. The third-order valence-corrected chi connectivity index (χ3v) is 4.04. The lowest BCUT2D eigenvalue weighted by molar-refractivity contribution is 0.146. The van der Waals surface area contributed by atoms with Gasteiger partial charge in [-0.05, 0) is 43.4 Å². The van der Waals surface area contributed by atoms with E-state index in [0.29, 0.717) is 11.7 Å². The molecule has 0 radical (unpaired) electrons. The molecule has 0 amide bonds. The van der Waals surface area contributed by atoms with Crippen molar-refractivity contribution in [2.24, 2.45) is 5.41 Å². The first kappa shape index (κ1) is 13.2. The van der Waals surface area contributed by atoms with Crippen molar-refractivity contribution in [2.45, 2.75) is 39.7 Å². The molecule has 5 nitrogen and oxygen atoms in total. The maximum absolute atomic E-state index is 5.49. The molecule has 1 aliphatic heterocycles. The van der Waals surface area contributed by atoms with Gasteiger partial charge in [-0.3, -0.25) is 4.98 Å². The molecule has 0 saturated carbocycles. The van der Waals surface area contributed by atoms with E-state index in [1.807, 2.05) is 19.1 Å². The van der Waals surface area contributed by atoms with E-state index < -0.39 is 0 Å². The number of hydrogen-bond donors (Lipinski definition) is 1. The zero-order valence-electron chi connectivity index (χ0n) is 12.2. The molecule has 0 bridgehead atoms. The summed E-state index contributed by atoms with van der Waals surface area (Å²) < 4.78 is 5.49. The van der Waals surface area contributed by atoms with E-state index in [9.17, 15) is 0 Å². The number of aromatic nitrogens is 3. The zero-order valence-corrected chi connectivity index (χ0v) is 12.2. The first-order chi connectivity index (χ1) is 9.58. The van der Waals surface area contributed by atoms with E-state index in [2.05, 4.69) is 34.3 Å². The molecule has 1 saturated heterocycles. The fourth-order valence-electron chi connectivity index (χ4n) is 2.80. The van der Waals surface area contributed by atoms with Gasteiger partial charge < -0.3 is 9.84 Å². The van der Waals surface area contributed by atoms with Crippen molar-refractivity contribution in [3.63, 3.8) is 0 Å². The molecule has 106 valence electrons. The molecule has 5 heteroatoms. The molecule has 3 heterocycles. The standard InChI is InChI=1S/C15H20N4O/c1-10-6-4-8-16-11(10)13-18-14(20-19-13)12-15(2,3)7-5-9-17-12/h4,6,8,12,17H,5,7,9H2,1-3H3. The Morgan fingerprint density at radius 3 is 3.00 bits per heavy atom. The quantitative estimate of drug-likeness (QED) is 0.910. The second-order valence-electron chi connectivity index (χ2n) is 6.10. The number of piperidine rings is 1. The van der Waals surface area contributed by atoms with Gasteiger partial charge in [0.15, 0.2) is 0 Å². The molecule has 2 aromatic rings. The molecular weight excluding hydrogens is 252 g/mol. The Morgan fingerprint density at radius 1 is 1.40 bits per heavy atom. The van der Waals surface area contributed by atoms with Crippen molar-refractivity contribution >= 4 is 0 Å². The van der Waals surface area contributed by atoms with Crippen molar-refractivity contribution in [1.29, 1.82) is 0 Å².